The minimum Gasteiger partial charge on any atom is -0.375 e. The number of aromatic nitrogens is 1. The first-order valence-electron chi connectivity index (χ1n) is 7.33. The Morgan fingerprint density at radius 1 is 1.20 bits per heavy atom. The molecule has 0 bridgehead atoms. The van der Waals surface area contributed by atoms with Crippen LogP contribution in [0.2, 0.25) is 5.02 Å². The van der Waals surface area contributed by atoms with E-state index in [0.29, 0.717) is 15.9 Å². The molecule has 3 rings (SSSR count). The molecule has 0 saturated heterocycles. The van der Waals surface area contributed by atoms with Crippen molar-refractivity contribution in [3.8, 4) is 0 Å². The van der Waals surface area contributed by atoms with E-state index in [9.17, 15) is 13.2 Å². The van der Waals surface area contributed by atoms with E-state index in [1.807, 2.05) is 0 Å². The summed E-state index contributed by atoms with van der Waals surface area (Å²) in [6.45, 7) is -0.194. The van der Waals surface area contributed by atoms with Gasteiger partial charge in [-0.15, -0.1) is 0 Å². The Morgan fingerprint density at radius 3 is 2.60 bits per heavy atom. The molecule has 1 amide bonds. The number of sulfone groups is 1. The van der Waals surface area contributed by atoms with Gasteiger partial charge in [-0.05, 0) is 30.3 Å². The van der Waals surface area contributed by atoms with E-state index >= 15 is 0 Å². The van der Waals surface area contributed by atoms with E-state index in [2.05, 4.69) is 10.3 Å². The number of H-pyrrole nitrogens is 1. The highest BCUT2D eigenvalue weighted by molar-refractivity contribution is 7.92. The first-order chi connectivity index (χ1) is 11.9. The van der Waals surface area contributed by atoms with Gasteiger partial charge in [0.15, 0.2) is 0 Å². The number of nitrogens with one attached hydrogen (secondary N) is 2. The number of anilines is 1. The molecule has 3 aromatic rings. The molecule has 0 aliphatic heterocycles. The van der Waals surface area contributed by atoms with Gasteiger partial charge in [0, 0.05) is 23.0 Å². The minimum absolute atomic E-state index is 0.0272. The van der Waals surface area contributed by atoms with Crippen molar-refractivity contribution in [3.63, 3.8) is 0 Å². The molecule has 1 aromatic heterocycles. The molecule has 2 aromatic carbocycles. The number of benzene rings is 2. The van der Waals surface area contributed by atoms with Crippen molar-refractivity contribution in [3.05, 3.63) is 53.6 Å². The second-order valence-electron chi connectivity index (χ2n) is 5.32. The fourth-order valence-electron chi connectivity index (χ4n) is 2.53. The summed E-state index contributed by atoms with van der Waals surface area (Å²) in [6, 6.07) is 12.9. The highest BCUT2D eigenvalue weighted by atomic mass is 35.5. The van der Waals surface area contributed by atoms with E-state index in [-0.39, 0.29) is 22.2 Å². The van der Waals surface area contributed by atoms with Gasteiger partial charge in [0.25, 0.3) is 5.91 Å². The Bertz CT molecular complexity index is 1030. The van der Waals surface area contributed by atoms with Crippen LogP contribution in [0.4, 0.5) is 5.82 Å². The molecular weight excluding hydrogens is 364 g/mol. The second kappa shape index (κ2) is 6.87. The van der Waals surface area contributed by atoms with Crippen LogP contribution < -0.4 is 5.32 Å². The zero-order valence-corrected chi connectivity index (χ0v) is 14.8. The maximum atomic E-state index is 13.1. The third-order valence-corrected chi connectivity index (χ3v) is 5.66. The number of methoxy groups -OCH3 is 1. The molecule has 1 heterocycles. The van der Waals surface area contributed by atoms with Gasteiger partial charge in [-0.3, -0.25) is 4.79 Å². The van der Waals surface area contributed by atoms with Gasteiger partial charge in [-0.1, -0.05) is 29.8 Å². The molecule has 0 fully saturated rings. The molecule has 6 nitrogen and oxygen atoms in total. The first kappa shape index (κ1) is 17.5. The van der Waals surface area contributed by atoms with Gasteiger partial charge in [0.2, 0.25) is 9.84 Å². The number of halogens is 1. The van der Waals surface area contributed by atoms with Gasteiger partial charge in [0.05, 0.1) is 4.90 Å². The highest BCUT2D eigenvalue weighted by Gasteiger charge is 2.27. The monoisotopic (exact) mass is 378 g/mol. The first-order valence-corrected chi connectivity index (χ1v) is 9.20. The number of ether oxygens (including phenoxy) is 1. The summed E-state index contributed by atoms with van der Waals surface area (Å²) in [5, 5.41) is 3.36. The zero-order chi connectivity index (χ0) is 18.0. The van der Waals surface area contributed by atoms with Crippen LogP contribution in [-0.2, 0) is 19.4 Å². The van der Waals surface area contributed by atoms with E-state index in [1.54, 1.807) is 36.4 Å². The van der Waals surface area contributed by atoms with Crippen LogP contribution in [0, 0.1) is 0 Å². The summed E-state index contributed by atoms with van der Waals surface area (Å²) < 4.78 is 31.1. The molecule has 0 aliphatic rings. The summed E-state index contributed by atoms with van der Waals surface area (Å²) in [6.07, 6.45) is 0. The minimum atomic E-state index is -3.88. The number of carbonyl (C=O) groups excluding carboxylic acids is 1. The normalized spacial score (nSPS) is 11.6. The maximum absolute atomic E-state index is 13.1. The predicted molar refractivity (Wildman–Crippen MR) is 95.7 cm³/mol. The molecule has 130 valence electrons. The van der Waals surface area contributed by atoms with E-state index in [4.69, 9.17) is 16.3 Å². The Balaban J connectivity index is 2.24. The standard InChI is InChI=1S/C17H15ClN2O4S/c1-24-10-15(21)20-17-16(13-9-11(18)7-8-14(13)19-17)25(22,23)12-5-3-2-4-6-12/h2-9,19H,10H2,1H3,(H,20,21). The molecule has 0 saturated carbocycles. The Kier molecular flexibility index (Phi) is 4.80. The Hall–Kier alpha value is -2.35. The summed E-state index contributed by atoms with van der Waals surface area (Å²) in [5.41, 5.74) is 0.548. The number of amides is 1. The molecule has 2 N–H and O–H groups in total. The Morgan fingerprint density at radius 2 is 1.92 bits per heavy atom. The van der Waals surface area contributed by atoms with Gasteiger partial charge < -0.3 is 15.0 Å². The van der Waals surface area contributed by atoms with E-state index in [0.717, 1.165) is 0 Å². The maximum Gasteiger partial charge on any atom is 0.251 e. The molecule has 0 spiro atoms. The van der Waals surface area contributed by atoms with Crippen LogP contribution in [0.15, 0.2) is 58.3 Å². The number of rotatable bonds is 5. The highest BCUT2D eigenvalue weighted by Crippen LogP contribution is 2.36. The quantitative estimate of drug-likeness (QED) is 0.713. The summed E-state index contributed by atoms with van der Waals surface area (Å²) in [7, 11) is -2.49. The third-order valence-electron chi connectivity index (χ3n) is 3.58. The van der Waals surface area contributed by atoms with E-state index < -0.39 is 15.7 Å². The van der Waals surface area contributed by atoms with Gasteiger partial charge in [-0.2, -0.15) is 0 Å². The van der Waals surface area contributed by atoms with Crippen molar-refractivity contribution < 1.29 is 17.9 Å². The van der Waals surface area contributed by atoms with Crippen LogP contribution in [0.3, 0.4) is 0 Å². The molecule has 0 radical (unpaired) electrons. The average molecular weight is 379 g/mol. The smallest absolute Gasteiger partial charge is 0.251 e. The number of fused-ring (bicyclic) bond motifs is 1. The average Bonchev–Trinajstić information content (AvgIpc) is 2.93. The molecule has 0 atom stereocenters. The molecule has 25 heavy (non-hydrogen) atoms. The lowest BCUT2D eigenvalue weighted by Crippen LogP contribution is -2.19. The van der Waals surface area contributed by atoms with Crippen molar-refractivity contribution in [1.82, 2.24) is 4.98 Å². The number of aromatic amines is 1. The fourth-order valence-corrected chi connectivity index (χ4v) is 4.28. The van der Waals surface area contributed by atoms with Gasteiger partial charge in [-0.25, -0.2) is 8.42 Å². The summed E-state index contributed by atoms with van der Waals surface area (Å²) in [5.74, 6) is -0.382. The fraction of sp³-hybridized carbons (Fsp3) is 0.118. The van der Waals surface area contributed by atoms with Gasteiger partial charge >= 0.3 is 0 Å². The summed E-state index contributed by atoms with van der Waals surface area (Å²) in [4.78, 5) is 14.9. The molecule has 8 heteroatoms. The Labute approximate surface area is 149 Å². The predicted octanol–water partition coefficient (Wildman–Crippen LogP) is 3.24. The molecular formula is C17H15ClN2O4S. The number of carbonyl (C=O) groups is 1. The number of hydrogen-bond donors (Lipinski definition) is 2. The van der Waals surface area contributed by atoms with Crippen LogP contribution >= 0.6 is 11.6 Å². The lowest BCUT2D eigenvalue weighted by atomic mass is 10.2. The van der Waals surface area contributed by atoms with Crippen LogP contribution in [0.25, 0.3) is 10.9 Å². The second-order valence-corrected chi connectivity index (χ2v) is 7.64. The summed E-state index contributed by atoms with van der Waals surface area (Å²) >= 11 is 6.04. The molecule has 0 unspecified atom stereocenters. The largest absolute Gasteiger partial charge is 0.375 e. The topological polar surface area (TPSA) is 88.3 Å². The van der Waals surface area contributed by atoms with Crippen LogP contribution in [0.5, 0.6) is 0 Å². The van der Waals surface area contributed by atoms with Crippen molar-refractivity contribution in [2.24, 2.45) is 0 Å². The van der Waals surface area contributed by atoms with Crippen molar-refractivity contribution in [2.75, 3.05) is 19.0 Å². The van der Waals surface area contributed by atoms with Crippen molar-refractivity contribution >= 4 is 44.1 Å². The zero-order valence-electron chi connectivity index (χ0n) is 13.2. The van der Waals surface area contributed by atoms with Crippen LogP contribution in [0.1, 0.15) is 0 Å². The lowest BCUT2D eigenvalue weighted by Gasteiger charge is -2.08. The van der Waals surface area contributed by atoms with Gasteiger partial charge in [0.1, 0.15) is 17.3 Å². The van der Waals surface area contributed by atoms with Crippen molar-refractivity contribution in [2.45, 2.75) is 9.79 Å². The number of hydrogen-bond acceptors (Lipinski definition) is 4. The SMILES string of the molecule is COCC(=O)Nc1[nH]c2ccc(Cl)cc2c1S(=O)(=O)c1ccccc1. The third kappa shape index (κ3) is 3.39. The van der Waals surface area contributed by atoms with Crippen molar-refractivity contribution in [1.29, 1.82) is 0 Å². The molecule has 0 aliphatic carbocycles. The lowest BCUT2D eigenvalue weighted by molar-refractivity contribution is -0.119. The van der Waals surface area contributed by atoms with Crippen LogP contribution in [-0.4, -0.2) is 33.0 Å². The van der Waals surface area contributed by atoms with E-state index in [1.165, 1.54) is 19.2 Å².